The van der Waals surface area contributed by atoms with Crippen molar-refractivity contribution in [3.05, 3.63) is 17.5 Å². The number of amides is 1. The summed E-state index contributed by atoms with van der Waals surface area (Å²) in [5.74, 6) is -0.494. The van der Waals surface area contributed by atoms with Gasteiger partial charge in [0.1, 0.15) is 0 Å². The van der Waals surface area contributed by atoms with E-state index in [0.717, 1.165) is 24.1 Å². The van der Waals surface area contributed by atoms with Crippen LogP contribution in [0.15, 0.2) is 6.20 Å². The molecule has 5 nitrogen and oxygen atoms in total. The summed E-state index contributed by atoms with van der Waals surface area (Å²) in [6.07, 6.45) is -1.57. The van der Waals surface area contributed by atoms with Gasteiger partial charge in [0.15, 0.2) is 5.60 Å². The molecule has 0 aromatic carbocycles. The van der Waals surface area contributed by atoms with E-state index in [1.165, 1.54) is 4.90 Å². The zero-order chi connectivity index (χ0) is 16.0. The van der Waals surface area contributed by atoms with Crippen LogP contribution in [0.5, 0.6) is 0 Å². The molecule has 0 saturated carbocycles. The van der Waals surface area contributed by atoms with Crippen LogP contribution in [0.3, 0.4) is 0 Å². The number of nitrogens with zero attached hydrogens (tertiary/aromatic N) is 2. The zero-order valence-electron chi connectivity index (χ0n) is 12.0. The van der Waals surface area contributed by atoms with Gasteiger partial charge in [0.25, 0.3) is 0 Å². The first-order valence-electron chi connectivity index (χ1n) is 7.42. The smallest absolute Gasteiger partial charge is 0.380 e. The molecule has 0 radical (unpaired) electrons. The Labute approximate surface area is 125 Å². The second-order valence-corrected chi connectivity index (χ2v) is 6.10. The average molecular weight is 317 g/mol. The SMILES string of the molecule is O=C(C1CCCc2[nH]ncc21)N1CCC(O)(C(F)(F)F)CC1. The number of aromatic amines is 1. The molecule has 122 valence electrons. The van der Waals surface area contributed by atoms with Gasteiger partial charge in [-0.15, -0.1) is 0 Å². The van der Waals surface area contributed by atoms with E-state index in [4.69, 9.17) is 0 Å². The van der Waals surface area contributed by atoms with Gasteiger partial charge in [0, 0.05) is 37.2 Å². The lowest BCUT2D eigenvalue weighted by atomic mass is 9.84. The number of nitrogens with one attached hydrogen (secondary N) is 1. The quantitative estimate of drug-likeness (QED) is 0.829. The normalized spacial score (nSPS) is 24.9. The number of hydrogen-bond donors (Lipinski definition) is 2. The van der Waals surface area contributed by atoms with Gasteiger partial charge in [-0.1, -0.05) is 0 Å². The van der Waals surface area contributed by atoms with E-state index in [1.54, 1.807) is 6.20 Å². The number of aliphatic hydroxyl groups is 1. The summed E-state index contributed by atoms with van der Waals surface area (Å²) in [4.78, 5) is 14.0. The molecular formula is C14H18F3N3O2. The van der Waals surface area contributed by atoms with Crippen LogP contribution < -0.4 is 0 Å². The topological polar surface area (TPSA) is 69.2 Å². The van der Waals surface area contributed by atoms with Gasteiger partial charge in [-0.25, -0.2) is 0 Å². The zero-order valence-corrected chi connectivity index (χ0v) is 12.0. The number of piperidine rings is 1. The molecule has 1 saturated heterocycles. The van der Waals surface area contributed by atoms with Gasteiger partial charge in [0.2, 0.25) is 5.91 Å². The fraction of sp³-hybridized carbons (Fsp3) is 0.714. The molecule has 0 spiro atoms. The van der Waals surface area contributed by atoms with Crippen molar-refractivity contribution < 1.29 is 23.1 Å². The molecule has 3 rings (SSSR count). The lowest BCUT2D eigenvalue weighted by Crippen LogP contribution is -2.55. The minimum atomic E-state index is -4.65. The highest BCUT2D eigenvalue weighted by molar-refractivity contribution is 5.84. The molecule has 1 amide bonds. The first kappa shape index (κ1) is 15.3. The molecule has 2 heterocycles. The van der Waals surface area contributed by atoms with E-state index in [0.29, 0.717) is 6.42 Å². The molecule has 1 fully saturated rings. The Bertz CT molecular complexity index is 562. The van der Waals surface area contributed by atoms with Crippen LogP contribution >= 0.6 is 0 Å². The second kappa shape index (κ2) is 5.26. The third-order valence-corrected chi connectivity index (χ3v) is 4.77. The molecule has 1 atom stereocenters. The molecule has 22 heavy (non-hydrogen) atoms. The number of halogens is 3. The fourth-order valence-corrected chi connectivity index (χ4v) is 3.32. The Hall–Kier alpha value is -1.57. The summed E-state index contributed by atoms with van der Waals surface area (Å²) in [5, 5.41) is 16.5. The summed E-state index contributed by atoms with van der Waals surface area (Å²) in [7, 11) is 0. The summed E-state index contributed by atoms with van der Waals surface area (Å²) >= 11 is 0. The molecule has 1 aliphatic carbocycles. The van der Waals surface area contributed by atoms with Crippen molar-refractivity contribution in [2.24, 2.45) is 0 Å². The highest BCUT2D eigenvalue weighted by atomic mass is 19.4. The summed E-state index contributed by atoms with van der Waals surface area (Å²) in [6, 6.07) is 0. The minimum absolute atomic E-state index is 0.0709. The Morgan fingerprint density at radius 2 is 2.09 bits per heavy atom. The number of hydrogen-bond acceptors (Lipinski definition) is 3. The van der Waals surface area contributed by atoms with Crippen LogP contribution in [0.25, 0.3) is 0 Å². The lowest BCUT2D eigenvalue weighted by Gasteiger charge is -2.40. The van der Waals surface area contributed by atoms with Crippen molar-refractivity contribution >= 4 is 5.91 Å². The predicted molar refractivity (Wildman–Crippen MR) is 71.1 cm³/mol. The summed E-state index contributed by atoms with van der Waals surface area (Å²) in [5.41, 5.74) is -0.877. The van der Waals surface area contributed by atoms with E-state index >= 15 is 0 Å². The Morgan fingerprint density at radius 3 is 2.73 bits per heavy atom. The lowest BCUT2D eigenvalue weighted by molar-refractivity contribution is -0.272. The van der Waals surface area contributed by atoms with E-state index in [1.807, 2.05) is 0 Å². The Morgan fingerprint density at radius 1 is 1.41 bits per heavy atom. The van der Waals surface area contributed by atoms with Crippen molar-refractivity contribution in [2.75, 3.05) is 13.1 Å². The number of rotatable bonds is 1. The minimum Gasteiger partial charge on any atom is -0.380 e. The molecule has 8 heteroatoms. The number of aryl methyl sites for hydroxylation is 1. The van der Waals surface area contributed by atoms with Crippen LogP contribution in [-0.2, 0) is 11.2 Å². The molecule has 0 bridgehead atoms. The maximum absolute atomic E-state index is 12.8. The number of likely N-dealkylation sites (tertiary alicyclic amines) is 1. The predicted octanol–water partition coefficient (Wildman–Crippen LogP) is 1.75. The maximum atomic E-state index is 12.8. The van der Waals surface area contributed by atoms with Gasteiger partial charge in [-0.05, 0) is 19.3 Å². The van der Waals surface area contributed by atoms with Crippen molar-refractivity contribution in [3.63, 3.8) is 0 Å². The van der Waals surface area contributed by atoms with E-state index in [9.17, 15) is 23.1 Å². The van der Waals surface area contributed by atoms with Crippen LogP contribution in [0, 0.1) is 0 Å². The average Bonchev–Trinajstić information content (AvgIpc) is 2.94. The van der Waals surface area contributed by atoms with Crippen LogP contribution in [0.4, 0.5) is 13.2 Å². The van der Waals surface area contributed by atoms with Crippen molar-refractivity contribution in [3.8, 4) is 0 Å². The molecule has 1 aliphatic heterocycles. The van der Waals surface area contributed by atoms with Crippen molar-refractivity contribution in [1.29, 1.82) is 0 Å². The molecular weight excluding hydrogens is 299 g/mol. The van der Waals surface area contributed by atoms with Gasteiger partial charge < -0.3 is 10.0 Å². The summed E-state index contributed by atoms with van der Waals surface area (Å²) in [6.45, 7) is -0.142. The Kier molecular flexibility index (Phi) is 3.66. The third-order valence-electron chi connectivity index (χ3n) is 4.77. The summed E-state index contributed by atoms with van der Waals surface area (Å²) < 4.78 is 38.4. The fourth-order valence-electron chi connectivity index (χ4n) is 3.32. The standard InChI is InChI=1S/C14H18F3N3O2/c15-14(16,17)13(22)4-6-20(7-5-13)12(21)9-2-1-3-11-10(9)8-18-19-11/h8-9,22H,1-7H2,(H,18,19). The molecule has 2 N–H and O–H groups in total. The largest absolute Gasteiger partial charge is 0.417 e. The number of fused-ring (bicyclic) bond motifs is 1. The molecule has 2 aliphatic rings. The molecule has 1 aromatic heterocycles. The maximum Gasteiger partial charge on any atom is 0.417 e. The van der Waals surface area contributed by atoms with Gasteiger partial charge in [0.05, 0.1) is 12.1 Å². The van der Waals surface area contributed by atoms with Crippen molar-refractivity contribution in [1.82, 2.24) is 15.1 Å². The van der Waals surface area contributed by atoms with Crippen LogP contribution in [0.2, 0.25) is 0 Å². The molecule has 1 unspecified atom stereocenters. The number of aromatic nitrogens is 2. The Balaban J connectivity index is 1.69. The van der Waals surface area contributed by atoms with Crippen LogP contribution in [0.1, 0.15) is 42.9 Å². The first-order valence-corrected chi connectivity index (χ1v) is 7.42. The van der Waals surface area contributed by atoms with E-state index in [2.05, 4.69) is 10.2 Å². The molecule has 1 aromatic rings. The van der Waals surface area contributed by atoms with Gasteiger partial charge in [-0.2, -0.15) is 18.3 Å². The van der Waals surface area contributed by atoms with E-state index < -0.39 is 24.6 Å². The van der Waals surface area contributed by atoms with Gasteiger partial charge >= 0.3 is 6.18 Å². The van der Waals surface area contributed by atoms with E-state index in [-0.39, 0.29) is 24.9 Å². The highest BCUT2D eigenvalue weighted by Crippen LogP contribution is 2.39. The van der Waals surface area contributed by atoms with Gasteiger partial charge in [-0.3, -0.25) is 9.89 Å². The number of H-pyrrole nitrogens is 1. The number of carbonyl (C=O) groups is 1. The number of alkyl halides is 3. The van der Waals surface area contributed by atoms with Crippen LogP contribution in [-0.4, -0.2) is 51.0 Å². The number of carbonyl (C=O) groups excluding carboxylic acids is 1. The third kappa shape index (κ3) is 2.49. The highest BCUT2D eigenvalue weighted by Gasteiger charge is 2.55. The monoisotopic (exact) mass is 317 g/mol. The second-order valence-electron chi connectivity index (χ2n) is 6.10. The first-order chi connectivity index (χ1) is 10.3. The van der Waals surface area contributed by atoms with Crippen molar-refractivity contribution in [2.45, 2.75) is 49.8 Å².